The summed E-state index contributed by atoms with van der Waals surface area (Å²) in [5.41, 5.74) is 1.85. The maximum Gasteiger partial charge on any atom is 0.258 e. The van der Waals surface area contributed by atoms with Crippen molar-refractivity contribution < 1.29 is 4.79 Å². The Kier molecular flexibility index (Phi) is 5.92. The molecule has 1 N–H and O–H groups in total. The first kappa shape index (κ1) is 18.7. The van der Waals surface area contributed by atoms with Crippen molar-refractivity contribution in [3.05, 3.63) is 62.8 Å². The maximum atomic E-state index is 12.9. The molecule has 0 atom stereocenters. The molecule has 0 spiro atoms. The Bertz CT molecular complexity index is 920. The van der Waals surface area contributed by atoms with E-state index in [-0.39, 0.29) is 5.91 Å². The van der Waals surface area contributed by atoms with Crippen LogP contribution in [0.5, 0.6) is 0 Å². The van der Waals surface area contributed by atoms with Crippen LogP contribution in [0.3, 0.4) is 0 Å². The minimum absolute atomic E-state index is 0.0808. The van der Waals surface area contributed by atoms with E-state index in [2.05, 4.69) is 39.6 Å². The highest BCUT2D eigenvalue weighted by Gasteiger charge is 2.21. The van der Waals surface area contributed by atoms with Gasteiger partial charge in [0.05, 0.1) is 11.3 Å². The standard InChI is InChI=1S/C20H21N3OS3/c1-2-23-10-9-16-18(12-23)27-20(21-16)22-19(24)15-7-3-4-8-17(15)26-13-14-6-5-11-25-14/h3-8,11H,2,9-10,12-13H2,1H3,(H,21,22,24). The molecule has 4 rings (SSSR count). The van der Waals surface area contributed by atoms with Crippen LogP contribution in [0, 0.1) is 0 Å². The Morgan fingerprint density at radius 2 is 2.19 bits per heavy atom. The number of rotatable bonds is 6. The molecule has 0 saturated heterocycles. The number of thiazole rings is 1. The number of aromatic nitrogens is 1. The number of carbonyl (C=O) groups excluding carboxylic acids is 1. The number of nitrogens with zero attached hydrogens (tertiary/aromatic N) is 2. The predicted octanol–water partition coefficient (Wildman–Crippen LogP) is 5.13. The normalized spacial score (nSPS) is 14.1. The first-order valence-electron chi connectivity index (χ1n) is 8.99. The van der Waals surface area contributed by atoms with Gasteiger partial charge in [-0.05, 0) is 30.1 Å². The first-order chi connectivity index (χ1) is 13.2. The van der Waals surface area contributed by atoms with Gasteiger partial charge >= 0.3 is 0 Å². The highest BCUT2D eigenvalue weighted by atomic mass is 32.2. The molecule has 4 nitrogen and oxygen atoms in total. The van der Waals surface area contributed by atoms with Gasteiger partial charge in [-0.1, -0.05) is 25.1 Å². The van der Waals surface area contributed by atoms with Gasteiger partial charge in [0.15, 0.2) is 5.13 Å². The Balaban J connectivity index is 1.46. The summed E-state index contributed by atoms with van der Waals surface area (Å²) in [7, 11) is 0. The fourth-order valence-electron chi connectivity index (χ4n) is 3.06. The molecule has 1 aromatic carbocycles. The third-order valence-corrected chi connectivity index (χ3v) is 7.74. The largest absolute Gasteiger partial charge is 0.298 e. The summed E-state index contributed by atoms with van der Waals surface area (Å²) >= 11 is 5.05. The van der Waals surface area contributed by atoms with Crippen molar-refractivity contribution in [3.8, 4) is 0 Å². The summed E-state index contributed by atoms with van der Waals surface area (Å²) in [6.45, 7) is 5.21. The SMILES string of the molecule is CCN1CCc2nc(NC(=O)c3ccccc3SCc3cccs3)sc2C1. The van der Waals surface area contributed by atoms with Crippen molar-refractivity contribution in [2.45, 2.75) is 30.5 Å². The molecule has 3 heterocycles. The number of thiophene rings is 1. The zero-order valence-electron chi connectivity index (χ0n) is 15.1. The number of hydrogen-bond donors (Lipinski definition) is 1. The second kappa shape index (κ2) is 8.56. The highest BCUT2D eigenvalue weighted by Crippen LogP contribution is 2.31. The molecule has 27 heavy (non-hydrogen) atoms. The number of carbonyl (C=O) groups is 1. The van der Waals surface area contributed by atoms with E-state index in [1.54, 1.807) is 34.4 Å². The second-order valence-electron chi connectivity index (χ2n) is 6.33. The number of anilines is 1. The van der Waals surface area contributed by atoms with Gasteiger partial charge in [-0.3, -0.25) is 15.0 Å². The van der Waals surface area contributed by atoms with Crippen molar-refractivity contribution >= 4 is 45.5 Å². The zero-order chi connectivity index (χ0) is 18.6. The van der Waals surface area contributed by atoms with Crippen LogP contribution >= 0.6 is 34.4 Å². The number of hydrogen-bond acceptors (Lipinski definition) is 6. The van der Waals surface area contributed by atoms with Crippen LogP contribution in [-0.4, -0.2) is 28.9 Å². The van der Waals surface area contributed by atoms with Gasteiger partial charge < -0.3 is 0 Å². The molecule has 140 valence electrons. The van der Waals surface area contributed by atoms with Gasteiger partial charge in [0.2, 0.25) is 0 Å². The quantitative estimate of drug-likeness (QED) is 0.567. The average molecular weight is 416 g/mol. The minimum atomic E-state index is -0.0808. The Hall–Kier alpha value is -1.67. The molecule has 0 fully saturated rings. The van der Waals surface area contributed by atoms with Gasteiger partial charge in [-0.25, -0.2) is 4.98 Å². The van der Waals surface area contributed by atoms with Crippen molar-refractivity contribution in [1.29, 1.82) is 0 Å². The smallest absolute Gasteiger partial charge is 0.258 e. The monoisotopic (exact) mass is 415 g/mol. The van der Waals surface area contributed by atoms with Crippen LogP contribution < -0.4 is 5.32 Å². The molecule has 1 aliphatic heterocycles. The molecule has 0 bridgehead atoms. The van der Waals surface area contributed by atoms with E-state index in [0.717, 1.165) is 42.4 Å². The van der Waals surface area contributed by atoms with Crippen LogP contribution in [0.15, 0.2) is 46.7 Å². The third-order valence-electron chi connectivity index (χ3n) is 4.56. The molecule has 0 saturated carbocycles. The average Bonchev–Trinajstić information content (AvgIpc) is 3.35. The Morgan fingerprint density at radius 3 is 3.00 bits per heavy atom. The number of nitrogens with one attached hydrogen (secondary N) is 1. The number of benzene rings is 1. The van der Waals surface area contributed by atoms with Crippen molar-refractivity contribution in [2.24, 2.45) is 0 Å². The van der Waals surface area contributed by atoms with E-state index >= 15 is 0 Å². The van der Waals surface area contributed by atoms with E-state index in [1.807, 2.05) is 24.3 Å². The van der Waals surface area contributed by atoms with Gasteiger partial charge in [-0.15, -0.1) is 34.4 Å². The molecular formula is C20H21N3OS3. The van der Waals surface area contributed by atoms with Crippen molar-refractivity contribution in [3.63, 3.8) is 0 Å². The topological polar surface area (TPSA) is 45.2 Å². The van der Waals surface area contributed by atoms with Crippen LogP contribution in [0.1, 0.15) is 32.7 Å². The summed E-state index contributed by atoms with van der Waals surface area (Å²) in [6, 6.07) is 12.0. The van der Waals surface area contributed by atoms with Crippen LogP contribution in [0.4, 0.5) is 5.13 Å². The summed E-state index contributed by atoms with van der Waals surface area (Å²) in [5, 5.41) is 5.81. The molecule has 0 aliphatic carbocycles. The lowest BCUT2D eigenvalue weighted by atomic mass is 10.2. The summed E-state index contributed by atoms with van der Waals surface area (Å²) in [4.78, 5) is 23.5. The van der Waals surface area contributed by atoms with E-state index in [0.29, 0.717) is 10.7 Å². The van der Waals surface area contributed by atoms with Crippen LogP contribution in [-0.2, 0) is 18.7 Å². The van der Waals surface area contributed by atoms with Crippen LogP contribution in [0.2, 0.25) is 0 Å². The number of thioether (sulfide) groups is 1. The van der Waals surface area contributed by atoms with E-state index in [9.17, 15) is 4.79 Å². The predicted molar refractivity (Wildman–Crippen MR) is 115 cm³/mol. The fourth-order valence-corrected chi connectivity index (χ4v) is 5.93. The third kappa shape index (κ3) is 4.43. The Morgan fingerprint density at radius 1 is 1.30 bits per heavy atom. The van der Waals surface area contributed by atoms with Gasteiger partial charge in [-0.2, -0.15) is 0 Å². The van der Waals surface area contributed by atoms with Crippen molar-refractivity contribution in [2.75, 3.05) is 18.4 Å². The fraction of sp³-hybridized carbons (Fsp3) is 0.300. The van der Waals surface area contributed by atoms with Crippen molar-refractivity contribution in [1.82, 2.24) is 9.88 Å². The highest BCUT2D eigenvalue weighted by molar-refractivity contribution is 7.98. The number of fused-ring (bicyclic) bond motifs is 1. The molecule has 3 aromatic rings. The van der Waals surface area contributed by atoms with E-state index in [1.165, 1.54) is 9.75 Å². The molecule has 0 unspecified atom stereocenters. The summed E-state index contributed by atoms with van der Waals surface area (Å²) < 4.78 is 0. The molecule has 0 radical (unpaired) electrons. The molecule has 1 amide bonds. The van der Waals surface area contributed by atoms with E-state index in [4.69, 9.17) is 0 Å². The number of amides is 1. The molecular weight excluding hydrogens is 394 g/mol. The summed E-state index contributed by atoms with van der Waals surface area (Å²) in [6.07, 6.45) is 0.961. The second-order valence-corrected chi connectivity index (χ2v) is 9.46. The lowest BCUT2D eigenvalue weighted by molar-refractivity contribution is 0.102. The summed E-state index contributed by atoms with van der Waals surface area (Å²) in [5.74, 6) is 0.795. The van der Waals surface area contributed by atoms with E-state index < -0.39 is 0 Å². The lowest BCUT2D eigenvalue weighted by Gasteiger charge is -2.23. The molecule has 2 aromatic heterocycles. The van der Waals surface area contributed by atoms with Gasteiger partial charge in [0.25, 0.3) is 5.91 Å². The molecule has 7 heteroatoms. The lowest BCUT2D eigenvalue weighted by Crippen LogP contribution is -2.29. The maximum absolute atomic E-state index is 12.9. The molecule has 1 aliphatic rings. The zero-order valence-corrected chi connectivity index (χ0v) is 17.6. The Labute approximate surface area is 171 Å². The van der Waals surface area contributed by atoms with Crippen LogP contribution in [0.25, 0.3) is 0 Å². The van der Waals surface area contributed by atoms with Gasteiger partial charge in [0, 0.05) is 39.9 Å². The van der Waals surface area contributed by atoms with Gasteiger partial charge in [0.1, 0.15) is 0 Å². The minimum Gasteiger partial charge on any atom is -0.298 e. The first-order valence-corrected chi connectivity index (χ1v) is 11.7. The number of likely N-dealkylation sites (N-methyl/N-ethyl adjacent to an activating group) is 1.